The highest BCUT2D eigenvalue weighted by Gasteiger charge is 2.22. The number of hydrogen-bond donors (Lipinski definition) is 1. The number of aryl methyl sites for hydroxylation is 1. The average molecular weight is 339 g/mol. The standard InChI is InChI=1S/C17H19F2NO2S/c1-11-5-6-12(17(2,3)4)9-16(11)23(21,22)20-15-8-7-13(18)10-14(15)19/h5-10,20H,1-4H3. The molecule has 0 saturated heterocycles. The summed E-state index contributed by atoms with van der Waals surface area (Å²) >= 11 is 0. The smallest absolute Gasteiger partial charge is 0.262 e. The minimum Gasteiger partial charge on any atom is -0.277 e. The summed E-state index contributed by atoms with van der Waals surface area (Å²) in [5.74, 6) is -1.73. The predicted octanol–water partition coefficient (Wildman–Crippen LogP) is 4.37. The van der Waals surface area contributed by atoms with Crippen LogP contribution in [-0.4, -0.2) is 8.42 Å². The Bertz CT molecular complexity index is 840. The molecule has 0 amide bonds. The quantitative estimate of drug-likeness (QED) is 0.902. The van der Waals surface area contributed by atoms with Crippen LogP contribution < -0.4 is 4.72 Å². The molecule has 0 heterocycles. The fourth-order valence-corrected chi connectivity index (χ4v) is 3.47. The lowest BCUT2D eigenvalue weighted by molar-refractivity contribution is 0.580. The topological polar surface area (TPSA) is 46.2 Å². The molecule has 2 rings (SSSR count). The Morgan fingerprint density at radius 3 is 2.22 bits per heavy atom. The minimum atomic E-state index is -3.97. The molecule has 0 aromatic heterocycles. The summed E-state index contributed by atoms with van der Waals surface area (Å²) in [6, 6.07) is 7.86. The van der Waals surface area contributed by atoms with Gasteiger partial charge in [0.15, 0.2) is 0 Å². The molecule has 0 aliphatic heterocycles. The van der Waals surface area contributed by atoms with Gasteiger partial charge >= 0.3 is 0 Å². The lowest BCUT2D eigenvalue weighted by atomic mass is 9.87. The van der Waals surface area contributed by atoms with Gasteiger partial charge in [0.05, 0.1) is 10.6 Å². The zero-order valence-corrected chi connectivity index (χ0v) is 14.3. The molecule has 0 fully saturated rings. The van der Waals surface area contributed by atoms with Crippen LogP contribution in [0.25, 0.3) is 0 Å². The van der Waals surface area contributed by atoms with E-state index in [-0.39, 0.29) is 16.0 Å². The summed E-state index contributed by atoms with van der Waals surface area (Å²) in [5, 5.41) is 0. The van der Waals surface area contributed by atoms with Crippen LogP contribution in [0.2, 0.25) is 0 Å². The van der Waals surface area contributed by atoms with Crippen molar-refractivity contribution < 1.29 is 17.2 Å². The van der Waals surface area contributed by atoms with Crippen molar-refractivity contribution in [1.82, 2.24) is 0 Å². The summed E-state index contributed by atoms with van der Waals surface area (Å²) in [7, 11) is -3.97. The van der Waals surface area contributed by atoms with Crippen molar-refractivity contribution in [2.45, 2.75) is 38.0 Å². The molecule has 2 aromatic carbocycles. The number of anilines is 1. The highest BCUT2D eigenvalue weighted by molar-refractivity contribution is 7.92. The summed E-state index contributed by atoms with van der Waals surface area (Å²) in [6.07, 6.45) is 0. The second-order valence-corrected chi connectivity index (χ2v) is 8.11. The van der Waals surface area contributed by atoms with Crippen molar-refractivity contribution in [1.29, 1.82) is 0 Å². The van der Waals surface area contributed by atoms with E-state index in [0.717, 1.165) is 17.7 Å². The summed E-state index contributed by atoms with van der Waals surface area (Å²) < 4.78 is 53.9. The van der Waals surface area contributed by atoms with E-state index >= 15 is 0 Å². The molecule has 0 unspecified atom stereocenters. The molecule has 0 bridgehead atoms. The van der Waals surface area contributed by atoms with E-state index in [1.54, 1.807) is 19.1 Å². The molecule has 0 aliphatic rings. The minimum absolute atomic E-state index is 0.0775. The van der Waals surface area contributed by atoms with Crippen molar-refractivity contribution in [2.24, 2.45) is 0 Å². The van der Waals surface area contributed by atoms with Crippen molar-refractivity contribution in [3.63, 3.8) is 0 Å². The van der Waals surface area contributed by atoms with E-state index < -0.39 is 21.7 Å². The lowest BCUT2D eigenvalue weighted by Crippen LogP contribution is -2.18. The molecule has 0 atom stereocenters. The number of nitrogens with one attached hydrogen (secondary N) is 1. The van der Waals surface area contributed by atoms with Crippen LogP contribution in [0, 0.1) is 18.6 Å². The molecule has 6 heteroatoms. The third-order valence-electron chi connectivity index (χ3n) is 3.52. The Kier molecular flexibility index (Phi) is 4.48. The first-order valence-corrected chi connectivity index (χ1v) is 8.58. The molecule has 0 radical (unpaired) electrons. The first-order valence-electron chi connectivity index (χ1n) is 7.10. The number of benzene rings is 2. The third kappa shape index (κ3) is 3.88. The van der Waals surface area contributed by atoms with Crippen LogP contribution in [0.15, 0.2) is 41.3 Å². The van der Waals surface area contributed by atoms with E-state index in [1.165, 1.54) is 0 Å². The van der Waals surface area contributed by atoms with Gasteiger partial charge in [0, 0.05) is 6.07 Å². The van der Waals surface area contributed by atoms with Gasteiger partial charge < -0.3 is 0 Å². The highest BCUT2D eigenvalue weighted by Crippen LogP contribution is 2.28. The first-order chi connectivity index (χ1) is 10.5. The van der Waals surface area contributed by atoms with Gasteiger partial charge in [0.1, 0.15) is 11.6 Å². The van der Waals surface area contributed by atoms with Crippen molar-refractivity contribution in [2.75, 3.05) is 4.72 Å². The van der Waals surface area contributed by atoms with Gasteiger partial charge in [-0.25, -0.2) is 17.2 Å². The van der Waals surface area contributed by atoms with Crippen LogP contribution in [-0.2, 0) is 15.4 Å². The SMILES string of the molecule is Cc1ccc(C(C)(C)C)cc1S(=O)(=O)Nc1ccc(F)cc1F. The normalized spacial score (nSPS) is 12.3. The van der Waals surface area contributed by atoms with Crippen molar-refractivity contribution >= 4 is 15.7 Å². The largest absolute Gasteiger partial charge is 0.277 e. The van der Waals surface area contributed by atoms with E-state index in [1.807, 2.05) is 26.8 Å². The number of hydrogen-bond acceptors (Lipinski definition) is 2. The molecule has 3 nitrogen and oxygen atoms in total. The van der Waals surface area contributed by atoms with Gasteiger partial charge in [-0.2, -0.15) is 0 Å². The summed E-state index contributed by atoms with van der Waals surface area (Å²) in [5.41, 5.74) is 0.891. The van der Waals surface area contributed by atoms with E-state index in [9.17, 15) is 17.2 Å². The number of rotatable bonds is 3. The number of sulfonamides is 1. The third-order valence-corrected chi connectivity index (χ3v) is 5.03. The highest BCUT2D eigenvalue weighted by atomic mass is 32.2. The van der Waals surface area contributed by atoms with Gasteiger partial charge in [0.2, 0.25) is 0 Å². The first kappa shape index (κ1) is 17.4. The van der Waals surface area contributed by atoms with Crippen LogP contribution in [0.4, 0.5) is 14.5 Å². The van der Waals surface area contributed by atoms with Gasteiger partial charge in [0.25, 0.3) is 10.0 Å². The maximum absolute atomic E-state index is 13.7. The Balaban J connectivity index is 2.47. The summed E-state index contributed by atoms with van der Waals surface area (Å²) in [4.78, 5) is 0.0775. The zero-order chi connectivity index (χ0) is 17.4. The average Bonchev–Trinajstić information content (AvgIpc) is 2.41. The maximum Gasteiger partial charge on any atom is 0.262 e. The predicted molar refractivity (Wildman–Crippen MR) is 87.0 cm³/mol. The molecule has 1 N–H and O–H groups in total. The molecule has 0 aliphatic carbocycles. The number of halogens is 2. The van der Waals surface area contributed by atoms with Crippen LogP contribution in [0.1, 0.15) is 31.9 Å². The van der Waals surface area contributed by atoms with Gasteiger partial charge in [-0.05, 0) is 41.7 Å². The molecular formula is C17H19F2NO2S. The molecule has 124 valence electrons. The van der Waals surface area contributed by atoms with E-state index in [4.69, 9.17) is 0 Å². The summed E-state index contributed by atoms with van der Waals surface area (Å²) in [6.45, 7) is 7.59. The van der Waals surface area contributed by atoms with Gasteiger partial charge in [-0.1, -0.05) is 32.9 Å². The second kappa shape index (κ2) is 5.92. The van der Waals surface area contributed by atoms with Crippen LogP contribution in [0.5, 0.6) is 0 Å². The van der Waals surface area contributed by atoms with E-state index in [0.29, 0.717) is 11.6 Å². The lowest BCUT2D eigenvalue weighted by Gasteiger charge is -2.21. The van der Waals surface area contributed by atoms with Gasteiger partial charge in [-0.3, -0.25) is 4.72 Å². The maximum atomic E-state index is 13.7. The van der Waals surface area contributed by atoms with Gasteiger partial charge in [-0.15, -0.1) is 0 Å². The zero-order valence-electron chi connectivity index (χ0n) is 13.4. The second-order valence-electron chi connectivity index (χ2n) is 6.46. The van der Waals surface area contributed by atoms with Crippen molar-refractivity contribution in [3.8, 4) is 0 Å². The molecule has 0 spiro atoms. The fraction of sp³-hybridized carbons (Fsp3) is 0.294. The Labute approximate surface area is 135 Å². The fourth-order valence-electron chi connectivity index (χ4n) is 2.13. The van der Waals surface area contributed by atoms with Crippen molar-refractivity contribution in [3.05, 3.63) is 59.2 Å². The van der Waals surface area contributed by atoms with E-state index in [2.05, 4.69) is 4.72 Å². The Morgan fingerprint density at radius 2 is 1.65 bits per heavy atom. The molecule has 0 saturated carbocycles. The Morgan fingerprint density at radius 1 is 1.00 bits per heavy atom. The Hall–Kier alpha value is -1.95. The van der Waals surface area contributed by atoms with Crippen LogP contribution >= 0.6 is 0 Å². The molecular weight excluding hydrogens is 320 g/mol. The monoisotopic (exact) mass is 339 g/mol. The van der Waals surface area contributed by atoms with Crippen LogP contribution in [0.3, 0.4) is 0 Å². The molecule has 2 aromatic rings. The molecule has 23 heavy (non-hydrogen) atoms.